The van der Waals surface area contributed by atoms with E-state index in [1.165, 1.54) is 13.1 Å². The molecule has 4 nitrogen and oxygen atoms in total. The van der Waals surface area contributed by atoms with Crippen LogP contribution in [0.1, 0.15) is 25.3 Å². The first-order valence-electron chi connectivity index (χ1n) is 7.33. The van der Waals surface area contributed by atoms with Gasteiger partial charge in [0.2, 0.25) is 10.0 Å². The molecule has 21 heavy (non-hydrogen) atoms. The highest BCUT2D eigenvalue weighted by Crippen LogP contribution is 2.20. The van der Waals surface area contributed by atoms with Crippen LogP contribution in [0.15, 0.2) is 24.3 Å². The molecule has 0 spiro atoms. The highest BCUT2D eigenvalue weighted by molar-refractivity contribution is 7.90. The third kappa shape index (κ3) is 4.25. The summed E-state index contributed by atoms with van der Waals surface area (Å²) < 4.78 is 39.2. The molecule has 6 heteroatoms. The van der Waals surface area contributed by atoms with Crippen molar-refractivity contribution in [3.63, 3.8) is 0 Å². The third-order valence-corrected chi connectivity index (χ3v) is 6.09. The van der Waals surface area contributed by atoms with Crippen molar-refractivity contribution < 1.29 is 12.8 Å². The second-order valence-electron chi connectivity index (χ2n) is 5.67. The second-order valence-corrected chi connectivity index (χ2v) is 7.84. The second kappa shape index (κ2) is 6.85. The molecule has 0 aromatic heterocycles. The van der Waals surface area contributed by atoms with E-state index in [4.69, 9.17) is 0 Å². The van der Waals surface area contributed by atoms with Crippen molar-refractivity contribution >= 4 is 10.0 Å². The number of sulfonamides is 1. The molecule has 118 valence electrons. The Kier molecular flexibility index (Phi) is 5.35. The zero-order valence-corrected chi connectivity index (χ0v) is 13.4. The van der Waals surface area contributed by atoms with Crippen molar-refractivity contribution in [2.24, 2.45) is 0 Å². The summed E-state index contributed by atoms with van der Waals surface area (Å²) in [4.78, 5) is 2.21. The molecule has 1 heterocycles. The van der Waals surface area contributed by atoms with Crippen molar-refractivity contribution in [3.8, 4) is 0 Å². The highest BCUT2D eigenvalue weighted by atomic mass is 32.2. The number of hydrogen-bond donors (Lipinski definition) is 1. The fraction of sp³-hybridized carbons (Fsp3) is 0.600. The number of benzene rings is 1. The van der Waals surface area contributed by atoms with Crippen molar-refractivity contribution in [3.05, 3.63) is 35.6 Å². The maximum Gasteiger partial charge on any atom is 0.215 e. The van der Waals surface area contributed by atoms with Crippen LogP contribution < -0.4 is 4.72 Å². The number of nitrogens with one attached hydrogen (secondary N) is 1. The quantitative estimate of drug-likeness (QED) is 0.870. The molecule has 0 radical (unpaired) electrons. The minimum atomic E-state index is -3.18. The van der Waals surface area contributed by atoms with Gasteiger partial charge in [-0.1, -0.05) is 12.1 Å². The van der Waals surface area contributed by atoms with Gasteiger partial charge >= 0.3 is 0 Å². The number of hydrogen-bond acceptors (Lipinski definition) is 3. The van der Waals surface area contributed by atoms with E-state index < -0.39 is 10.0 Å². The molecular formula is C15H23FN2O2S. The molecule has 1 aromatic carbocycles. The van der Waals surface area contributed by atoms with Crippen LogP contribution >= 0.6 is 0 Å². The van der Waals surface area contributed by atoms with Gasteiger partial charge in [-0.05, 0) is 57.5 Å². The molecule has 0 unspecified atom stereocenters. The van der Waals surface area contributed by atoms with Gasteiger partial charge in [-0.25, -0.2) is 17.5 Å². The lowest BCUT2D eigenvalue weighted by Crippen LogP contribution is -2.37. The van der Waals surface area contributed by atoms with Crippen LogP contribution in [0.2, 0.25) is 0 Å². The molecule has 1 aliphatic heterocycles. The van der Waals surface area contributed by atoms with Crippen LogP contribution in [0.4, 0.5) is 4.39 Å². The lowest BCUT2D eigenvalue weighted by Gasteiger charge is -2.24. The molecule has 1 saturated heterocycles. The average Bonchev–Trinajstić information content (AvgIpc) is 2.95. The number of rotatable bonds is 6. The molecule has 0 aliphatic carbocycles. The van der Waals surface area contributed by atoms with E-state index in [1.807, 2.05) is 6.07 Å². The summed E-state index contributed by atoms with van der Waals surface area (Å²) in [6, 6.07) is 6.95. The Morgan fingerprint density at radius 1 is 1.48 bits per heavy atom. The molecule has 0 saturated carbocycles. The van der Waals surface area contributed by atoms with Gasteiger partial charge < -0.3 is 0 Å². The minimum Gasteiger partial charge on any atom is -0.299 e. The summed E-state index contributed by atoms with van der Waals surface area (Å²) in [5.74, 6) is -0.207. The summed E-state index contributed by atoms with van der Waals surface area (Å²) in [5.41, 5.74) is 0.987. The topological polar surface area (TPSA) is 49.4 Å². The Morgan fingerprint density at radius 3 is 2.90 bits per heavy atom. The number of aryl methyl sites for hydroxylation is 1. The first kappa shape index (κ1) is 16.4. The molecule has 1 aromatic rings. The van der Waals surface area contributed by atoms with Crippen molar-refractivity contribution in [1.82, 2.24) is 9.62 Å². The number of nitrogens with zero attached hydrogens (tertiary/aromatic N) is 1. The number of halogens is 1. The Bertz CT molecular complexity index is 577. The fourth-order valence-electron chi connectivity index (χ4n) is 2.82. The van der Waals surface area contributed by atoms with E-state index in [1.54, 1.807) is 12.1 Å². The van der Waals surface area contributed by atoms with E-state index in [-0.39, 0.29) is 11.1 Å². The molecule has 0 amide bonds. The van der Waals surface area contributed by atoms with Crippen LogP contribution in [0, 0.1) is 5.82 Å². The van der Waals surface area contributed by atoms with Crippen molar-refractivity contribution in [1.29, 1.82) is 0 Å². The third-order valence-electron chi connectivity index (χ3n) is 4.26. The lowest BCUT2D eigenvalue weighted by atomic mass is 10.1. The fourth-order valence-corrected chi connectivity index (χ4v) is 3.96. The zero-order valence-electron chi connectivity index (χ0n) is 12.5. The van der Waals surface area contributed by atoms with Gasteiger partial charge in [0.05, 0.1) is 5.25 Å². The Balaban J connectivity index is 1.86. The largest absolute Gasteiger partial charge is 0.299 e. The van der Waals surface area contributed by atoms with Gasteiger partial charge in [0.1, 0.15) is 5.82 Å². The van der Waals surface area contributed by atoms with Crippen LogP contribution in [0.3, 0.4) is 0 Å². The first-order chi connectivity index (χ1) is 9.92. The normalized spacial score (nSPS) is 21.6. The predicted octanol–water partition coefficient (Wildman–Crippen LogP) is 1.77. The Morgan fingerprint density at radius 2 is 2.24 bits per heavy atom. The predicted molar refractivity (Wildman–Crippen MR) is 82.1 cm³/mol. The number of likely N-dealkylation sites (tertiary alicyclic amines) is 1. The van der Waals surface area contributed by atoms with Crippen LogP contribution in [0.25, 0.3) is 0 Å². The molecule has 2 rings (SSSR count). The Hall–Kier alpha value is -0.980. The van der Waals surface area contributed by atoms with Gasteiger partial charge in [-0.15, -0.1) is 0 Å². The van der Waals surface area contributed by atoms with Crippen molar-refractivity contribution in [2.45, 2.75) is 37.5 Å². The standard InChI is InChI=1S/C15H23FN2O2S/c1-12(6-7-13-4-3-5-14(16)10-13)18-9-8-15(11-18)21(19,20)17-2/h3-5,10,12,15,17H,6-9,11H2,1-2H3/t12-,15+/m0/s1. The molecule has 2 atom stereocenters. The summed E-state index contributed by atoms with van der Waals surface area (Å²) in [6.07, 6.45) is 2.38. The Labute approximate surface area is 126 Å². The molecule has 1 N–H and O–H groups in total. The van der Waals surface area contributed by atoms with Gasteiger partial charge in [-0.2, -0.15) is 0 Å². The van der Waals surface area contributed by atoms with Gasteiger partial charge in [-0.3, -0.25) is 4.90 Å². The summed E-state index contributed by atoms with van der Waals surface area (Å²) >= 11 is 0. The van der Waals surface area contributed by atoms with Crippen LogP contribution in [-0.2, 0) is 16.4 Å². The molecule has 1 fully saturated rings. The lowest BCUT2D eigenvalue weighted by molar-refractivity contribution is 0.247. The van der Waals surface area contributed by atoms with Gasteiger partial charge in [0.25, 0.3) is 0 Å². The smallest absolute Gasteiger partial charge is 0.215 e. The minimum absolute atomic E-state index is 0.207. The summed E-state index contributed by atoms with van der Waals surface area (Å²) in [7, 11) is -1.71. The highest BCUT2D eigenvalue weighted by Gasteiger charge is 2.33. The summed E-state index contributed by atoms with van der Waals surface area (Å²) in [5, 5.41) is -0.320. The van der Waals surface area contributed by atoms with Crippen LogP contribution in [0.5, 0.6) is 0 Å². The van der Waals surface area contributed by atoms with E-state index in [0.29, 0.717) is 19.0 Å². The van der Waals surface area contributed by atoms with Gasteiger partial charge in [0, 0.05) is 12.6 Å². The molecule has 1 aliphatic rings. The monoisotopic (exact) mass is 314 g/mol. The van der Waals surface area contributed by atoms with Gasteiger partial charge in [0.15, 0.2) is 0 Å². The zero-order chi connectivity index (χ0) is 15.5. The maximum absolute atomic E-state index is 13.1. The average molecular weight is 314 g/mol. The maximum atomic E-state index is 13.1. The van der Waals surface area contributed by atoms with E-state index in [2.05, 4.69) is 16.5 Å². The summed E-state index contributed by atoms with van der Waals surface area (Å²) in [6.45, 7) is 3.48. The van der Waals surface area contributed by atoms with E-state index >= 15 is 0 Å². The molecule has 0 bridgehead atoms. The van der Waals surface area contributed by atoms with Crippen LogP contribution in [-0.4, -0.2) is 44.7 Å². The van der Waals surface area contributed by atoms with Crippen molar-refractivity contribution in [2.75, 3.05) is 20.1 Å². The van der Waals surface area contributed by atoms with E-state index in [9.17, 15) is 12.8 Å². The van der Waals surface area contributed by atoms with E-state index in [0.717, 1.165) is 24.9 Å². The molecular weight excluding hydrogens is 291 g/mol. The SMILES string of the molecule is CNS(=O)(=O)[C@@H]1CCN([C@@H](C)CCc2cccc(F)c2)C1. The first-order valence-corrected chi connectivity index (χ1v) is 8.88.